The zero-order valence-electron chi connectivity index (χ0n) is 21.1. The molecule has 3 atom stereocenters. The topological polar surface area (TPSA) is 142 Å². The first-order valence-electron chi connectivity index (χ1n) is 11.7. The Morgan fingerprint density at radius 3 is 1.92 bits per heavy atom. The second-order valence-corrected chi connectivity index (χ2v) is 9.19. The fraction of sp³-hybridized carbons (Fsp3) is 0.407. The number of aliphatic carboxylic acids is 1. The van der Waals surface area contributed by atoms with Gasteiger partial charge < -0.3 is 25.1 Å². The van der Waals surface area contributed by atoms with Crippen LogP contribution in [0.4, 0.5) is 0 Å². The summed E-state index contributed by atoms with van der Waals surface area (Å²) >= 11 is 0. The second kappa shape index (κ2) is 12.8. The fourth-order valence-electron chi connectivity index (χ4n) is 3.36. The van der Waals surface area contributed by atoms with E-state index in [1.165, 1.54) is 12.1 Å². The molecule has 0 spiro atoms. The van der Waals surface area contributed by atoms with E-state index in [1.807, 2.05) is 0 Å². The highest BCUT2D eigenvalue weighted by Gasteiger charge is 2.33. The molecule has 194 valence electrons. The SMILES string of the molecule is CC(C)C(=O)Oc1ccc(C([C@H](N)C(=O)O)[C@@H](C)COC(=O)c2ccccc2)cc1OC(=O)C(C)C. The third-order valence-electron chi connectivity index (χ3n) is 5.49. The average molecular weight is 500 g/mol. The molecule has 0 aliphatic carbocycles. The Labute approximate surface area is 210 Å². The number of esters is 3. The molecule has 2 rings (SSSR count). The summed E-state index contributed by atoms with van der Waals surface area (Å²) in [6.45, 7) is 8.23. The Bertz CT molecular complexity index is 1080. The van der Waals surface area contributed by atoms with Crippen molar-refractivity contribution in [3.63, 3.8) is 0 Å². The van der Waals surface area contributed by atoms with E-state index < -0.39 is 53.6 Å². The van der Waals surface area contributed by atoms with Crippen molar-refractivity contribution >= 4 is 23.9 Å². The number of nitrogens with two attached hydrogens (primary N) is 1. The van der Waals surface area contributed by atoms with Gasteiger partial charge in [-0.1, -0.05) is 58.9 Å². The molecule has 9 heteroatoms. The summed E-state index contributed by atoms with van der Waals surface area (Å²) < 4.78 is 16.3. The van der Waals surface area contributed by atoms with Gasteiger partial charge in [-0.05, 0) is 35.7 Å². The molecule has 2 aromatic rings. The maximum Gasteiger partial charge on any atom is 0.338 e. The summed E-state index contributed by atoms with van der Waals surface area (Å²) in [5.74, 6) is -5.12. The molecular formula is C27H33NO8. The fourth-order valence-corrected chi connectivity index (χ4v) is 3.36. The molecule has 1 unspecified atom stereocenters. The van der Waals surface area contributed by atoms with E-state index in [2.05, 4.69) is 0 Å². The normalized spacial score (nSPS) is 13.6. The van der Waals surface area contributed by atoms with Crippen molar-refractivity contribution < 1.29 is 38.5 Å². The van der Waals surface area contributed by atoms with Gasteiger partial charge in [0.25, 0.3) is 0 Å². The highest BCUT2D eigenvalue weighted by atomic mass is 16.6. The number of rotatable bonds is 11. The number of ether oxygens (including phenoxy) is 3. The highest BCUT2D eigenvalue weighted by molar-refractivity contribution is 5.89. The summed E-state index contributed by atoms with van der Waals surface area (Å²) in [5, 5.41) is 9.65. The molecular weight excluding hydrogens is 466 g/mol. The van der Waals surface area contributed by atoms with Crippen LogP contribution in [0.25, 0.3) is 0 Å². The van der Waals surface area contributed by atoms with Gasteiger partial charge in [0, 0.05) is 5.92 Å². The molecule has 0 bridgehead atoms. The van der Waals surface area contributed by atoms with Crippen LogP contribution in [-0.2, 0) is 19.1 Å². The monoisotopic (exact) mass is 499 g/mol. The molecule has 36 heavy (non-hydrogen) atoms. The third kappa shape index (κ3) is 7.64. The molecule has 3 N–H and O–H groups in total. The van der Waals surface area contributed by atoms with Crippen LogP contribution in [0.5, 0.6) is 11.5 Å². The third-order valence-corrected chi connectivity index (χ3v) is 5.49. The predicted octanol–water partition coefficient (Wildman–Crippen LogP) is 3.80. The zero-order valence-corrected chi connectivity index (χ0v) is 21.1. The van der Waals surface area contributed by atoms with E-state index in [0.29, 0.717) is 11.1 Å². The molecule has 0 amide bonds. The quantitative estimate of drug-likeness (QED) is 0.349. The van der Waals surface area contributed by atoms with Crippen molar-refractivity contribution in [2.75, 3.05) is 6.61 Å². The van der Waals surface area contributed by atoms with Crippen molar-refractivity contribution in [1.29, 1.82) is 0 Å². The minimum absolute atomic E-state index is 0.0252. The number of hydrogen-bond acceptors (Lipinski definition) is 8. The van der Waals surface area contributed by atoms with Crippen molar-refractivity contribution in [3.8, 4) is 11.5 Å². The molecule has 0 heterocycles. The van der Waals surface area contributed by atoms with Gasteiger partial charge in [0.2, 0.25) is 0 Å². The van der Waals surface area contributed by atoms with Gasteiger partial charge in [0.05, 0.1) is 24.0 Å². The molecule has 0 aliphatic rings. The van der Waals surface area contributed by atoms with Crippen LogP contribution in [0.2, 0.25) is 0 Å². The largest absolute Gasteiger partial charge is 0.480 e. The molecule has 0 radical (unpaired) electrons. The zero-order chi connectivity index (χ0) is 27.0. The molecule has 0 saturated heterocycles. The van der Waals surface area contributed by atoms with Crippen molar-refractivity contribution in [3.05, 3.63) is 59.7 Å². The number of hydrogen-bond donors (Lipinski definition) is 2. The van der Waals surface area contributed by atoms with Gasteiger partial charge in [-0.3, -0.25) is 14.4 Å². The summed E-state index contributed by atoms with van der Waals surface area (Å²) in [7, 11) is 0. The average Bonchev–Trinajstić information content (AvgIpc) is 2.84. The minimum atomic E-state index is -1.35. The summed E-state index contributed by atoms with van der Waals surface area (Å²) in [4.78, 5) is 48.7. The maximum absolute atomic E-state index is 12.4. The van der Waals surface area contributed by atoms with Crippen molar-refractivity contribution in [2.45, 2.75) is 46.6 Å². The first-order chi connectivity index (χ1) is 16.9. The van der Waals surface area contributed by atoms with Crippen LogP contribution < -0.4 is 15.2 Å². The lowest BCUT2D eigenvalue weighted by molar-refractivity contribution is -0.140. The number of carbonyl (C=O) groups excluding carboxylic acids is 3. The molecule has 0 fully saturated rings. The van der Waals surface area contributed by atoms with Crippen LogP contribution in [0.15, 0.2) is 48.5 Å². The summed E-state index contributed by atoms with van der Waals surface area (Å²) in [6.07, 6.45) is 0. The second-order valence-electron chi connectivity index (χ2n) is 9.19. The summed E-state index contributed by atoms with van der Waals surface area (Å²) in [6, 6.07) is 11.5. The standard InChI is InChI=1S/C27H33NO8/c1-15(2)25(31)35-20-12-11-19(13-21(20)36-26(32)16(3)4)22(23(28)24(29)30)17(5)14-34-27(33)18-9-7-6-8-10-18/h6-13,15-17,22-23H,14,28H2,1-5H3,(H,29,30)/t17-,22?,23-/m0/s1. The van der Waals surface area contributed by atoms with Gasteiger partial charge in [0.1, 0.15) is 6.04 Å². The van der Waals surface area contributed by atoms with Crippen LogP contribution in [-0.4, -0.2) is 41.6 Å². The van der Waals surface area contributed by atoms with Crippen LogP contribution in [0.1, 0.15) is 56.5 Å². The Morgan fingerprint density at radius 2 is 1.39 bits per heavy atom. The number of carboxylic acids is 1. The molecule has 0 aromatic heterocycles. The first-order valence-corrected chi connectivity index (χ1v) is 11.7. The Hall–Kier alpha value is -3.72. The molecule has 0 saturated carbocycles. The van der Waals surface area contributed by atoms with Crippen LogP contribution in [0, 0.1) is 17.8 Å². The lowest BCUT2D eigenvalue weighted by Gasteiger charge is -2.28. The highest BCUT2D eigenvalue weighted by Crippen LogP contribution is 2.36. The van der Waals surface area contributed by atoms with Gasteiger partial charge in [0.15, 0.2) is 11.5 Å². The Kier molecular flexibility index (Phi) is 10.2. The number of benzene rings is 2. The minimum Gasteiger partial charge on any atom is -0.480 e. The van der Waals surface area contributed by atoms with Crippen LogP contribution in [0.3, 0.4) is 0 Å². The number of carboxylic acid groups (broad SMARTS) is 1. The van der Waals surface area contributed by atoms with Crippen molar-refractivity contribution in [1.82, 2.24) is 0 Å². The van der Waals surface area contributed by atoms with E-state index in [9.17, 15) is 24.3 Å². The smallest absolute Gasteiger partial charge is 0.338 e. The van der Waals surface area contributed by atoms with Crippen LogP contribution >= 0.6 is 0 Å². The molecule has 9 nitrogen and oxygen atoms in total. The lowest BCUT2D eigenvalue weighted by Crippen LogP contribution is -2.40. The van der Waals surface area contributed by atoms with Gasteiger partial charge in [-0.25, -0.2) is 4.79 Å². The van der Waals surface area contributed by atoms with Crippen molar-refractivity contribution in [2.24, 2.45) is 23.5 Å². The lowest BCUT2D eigenvalue weighted by atomic mass is 9.82. The van der Waals surface area contributed by atoms with E-state index in [-0.39, 0.29) is 18.1 Å². The number of carbonyl (C=O) groups is 4. The van der Waals surface area contributed by atoms with Gasteiger partial charge in [-0.2, -0.15) is 0 Å². The van der Waals surface area contributed by atoms with E-state index in [4.69, 9.17) is 19.9 Å². The van der Waals surface area contributed by atoms with E-state index >= 15 is 0 Å². The predicted molar refractivity (Wildman–Crippen MR) is 132 cm³/mol. The van der Waals surface area contributed by atoms with E-state index in [0.717, 1.165) is 0 Å². The van der Waals surface area contributed by atoms with Gasteiger partial charge in [-0.15, -0.1) is 0 Å². The van der Waals surface area contributed by atoms with Gasteiger partial charge >= 0.3 is 23.9 Å². The first kappa shape index (κ1) is 28.5. The molecule has 0 aliphatic heterocycles. The summed E-state index contributed by atoms with van der Waals surface area (Å²) in [5.41, 5.74) is 6.82. The van der Waals surface area contributed by atoms with E-state index in [1.54, 1.807) is 71.0 Å². The Morgan fingerprint density at radius 1 is 0.833 bits per heavy atom. The maximum atomic E-state index is 12.4. The molecule has 2 aromatic carbocycles. The Balaban J connectivity index is 2.39.